The van der Waals surface area contributed by atoms with Gasteiger partial charge in [-0.2, -0.15) is 5.10 Å². The first-order valence-corrected chi connectivity index (χ1v) is 12.5. The highest BCUT2D eigenvalue weighted by Gasteiger charge is 2.25. The van der Waals surface area contributed by atoms with E-state index in [9.17, 15) is 4.79 Å². The molecular weight excluding hydrogens is 418 g/mol. The van der Waals surface area contributed by atoms with Crippen molar-refractivity contribution in [3.63, 3.8) is 0 Å². The highest BCUT2D eigenvalue weighted by molar-refractivity contribution is 5.79. The Morgan fingerprint density at radius 2 is 1.94 bits per heavy atom. The molecule has 1 heterocycles. The number of carbonyl (C=O) groups is 1. The van der Waals surface area contributed by atoms with Crippen LogP contribution in [0.5, 0.6) is 5.75 Å². The molecule has 7 heteroatoms. The third-order valence-electron chi connectivity index (χ3n) is 6.35. The van der Waals surface area contributed by atoms with Crippen molar-refractivity contribution < 1.29 is 19.0 Å². The highest BCUT2D eigenvalue weighted by atomic mass is 16.6. The molecule has 4 rings (SSSR count). The summed E-state index contributed by atoms with van der Waals surface area (Å²) in [7, 11) is 0. The number of nitrogens with one attached hydrogen (secondary N) is 1. The van der Waals surface area contributed by atoms with Crippen molar-refractivity contribution >= 4 is 17.0 Å². The Hall–Kier alpha value is -2.28. The smallest absolute Gasteiger partial charge is 0.407 e. The fourth-order valence-corrected chi connectivity index (χ4v) is 4.35. The van der Waals surface area contributed by atoms with E-state index >= 15 is 0 Å². The zero-order chi connectivity index (χ0) is 23.4. The maximum atomic E-state index is 11.9. The minimum Gasteiger partial charge on any atom is -0.494 e. The van der Waals surface area contributed by atoms with E-state index in [-0.39, 0.29) is 12.1 Å². The van der Waals surface area contributed by atoms with Gasteiger partial charge in [0.1, 0.15) is 11.4 Å². The van der Waals surface area contributed by atoms with Crippen LogP contribution in [-0.4, -0.2) is 46.8 Å². The third kappa shape index (κ3) is 7.36. The SMILES string of the molecule is C[C@@H](COC1CCC(n2cc3ccc(OCCC4CC4)cc3n2)CC1)NC(=O)OC(C)(C)C. The Morgan fingerprint density at radius 1 is 1.18 bits per heavy atom. The molecule has 33 heavy (non-hydrogen) atoms. The van der Waals surface area contributed by atoms with Crippen LogP contribution in [-0.2, 0) is 9.47 Å². The lowest BCUT2D eigenvalue weighted by Gasteiger charge is -2.29. The van der Waals surface area contributed by atoms with Gasteiger partial charge in [-0.05, 0) is 77.8 Å². The lowest BCUT2D eigenvalue weighted by molar-refractivity contribution is 0.00488. The van der Waals surface area contributed by atoms with Crippen LogP contribution >= 0.6 is 0 Å². The van der Waals surface area contributed by atoms with E-state index < -0.39 is 11.7 Å². The fourth-order valence-electron chi connectivity index (χ4n) is 4.35. The van der Waals surface area contributed by atoms with Gasteiger partial charge >= 0.3 is 6.09 Å². The van der Waals surface area contributed by atoms with Crippen molar-refractivity contribution in [2.75, 3.05) is 13.2 Å². The van der Waals surface area contributed by atoms with E-state index in [4.69, 9.17) is 19.3 Å². The Labute approximate surface area is 197 Å². The fraction of sp³-hybridized carbons (Fsp3) is 0.692. The summed E-state index contributed by atoms with van der Waals surface area (Å²) in [6, 6.07) is 6.54. The van der Waals surface area contributed by atoms with E-state index in [2.05, 4.69) is 34.4 Å². The van der Waals surface area contributed by atoms with Gasteiger partial charge in [0.2, 0.25) is 0 Å². The number of benzene rings is 1. The molecule has 0 aliphatic heterocycles. The molecule has 0 radical (unpaired) electrons. The molecule has 1 atom stereocenters. The number of aromatic nitrogens is 2. The molecule has 2 aliphatic carbocycles. The molecular formula is C26H39N3O4. The molecule has 1 aromatic heterocycles. The van der Waals surface area contributed by atoms with Crippen molar-refractivity contribution in [1.29, 1.82) is 0 Å². The number of fused-ring (bicyclic) bond motifs is 1. The van der Waals surface area contributed by atoms with E-state index in [1.807, 2.05) is 27.7 Å². The summed E-state index contributed by atoms with van der Waals surface area (Å²) >= 11 is 0. The summed E-state index contributed by atoms with van der Waals surface area (Å²) in [5, 5.41) is 8.85. The van der Waals surface area contributed by atoms with Gasteiger partial charge in [-0.25, -0.2) is 4.79 Å². The first kappa shape index (κ1) is 23.9. The van der Waals surface area contributed by atoms with Crippen LogP contribution in [0.4, 0.5) is 4.79 Å². The van der Waals surface area contributed by atoms with Gasteiger partial charge in [0, 0.05) is 17.6 Å². The molecule has 0 saturated heterocycles. The first-order valence-electron chi connectivity index (χ1n) is 12.5. The maximum Gasteiger partial charge on any atom is 0.407 e. The van der Waals surface area contributed by atoms with Gasteiger partial charge in [-0.3, -0.25) is 4.68 Å². The normalized spacial score (nSPS) is 22.2. The van der Waals surface area contributed by atoms with Crippen molar-refractivity contribution in [2.45, 2.75) is 96.4 Å². The number of alkyl carbamates (subject to hydrolysis) is 1. The molecule has 2 fully saturated rings. The number of rotatable bonds is 9. The Bertz CT molecular complexity index is 923. The molecule has 1 aromatic carbocycles. The number of hydrogen-bond acceptors (Lipinski definition) is 5. The molecule has 1 N–H and O–H groups in total. The summed E-state index contributed by atoms with van der Waals surface area (Å²) < 4.78 is 19.4. The van der Waals surface area contributed by atoms with E-state index in [1.54, 1.807) is 0 Å². The van der Waals surface area contributed by atoms with E-state index in [0.717, 1.165) is 61.3 Å². The molecule has 2 saturated carbocycles. The van der Waals surface area contributed by atoms with Crippen LogP contribution in [0, 0.1) is 5.92 Å². The minimum absolute atomic E-state index is 0.0883. The Kier molecular flexibility index (Phi) is 7.47. The van der Waals surface area contributed by atoms with Crippen molar-refractivity contribution in [3.05, 3.63) is 24.4 Å². The van der Waals surface area contributed by atoms with Crippen LogP contribution in [0.15, 0.2) is 24.4 Å². The molecule has 0 bridgehead atoms. The molecule has 1 amide bonds. The average Bonchev–Trinajstić information content (AvgIpc) is 3.47. The standard InChI is InChI=1S/C26H39N3O4/c1-18(27-25(30)33-26(2,3)4)17-32-22-11-8-21(9-12-22)29-16-20-7-10-23(15-24(20)28-29)31-14-13-19-5-6-19/h7,10,15-16,18-19,21-22H,5-6,8-9,11-14,17H2,1-4H3,(H,27,30)/t18-,21?,22?/m0/s1. The second kappa shape index (κ2) is 10.3. The molecule has 2 aromatic rings. The molecule has 0 unspecified atom stereocenters. The zero-order valence-electron chi connectivity index (χ0n) is 20.5. The largest absolute Gasteiger partial charge is 0.494 e. The zero-order valence-corrected chi connectivity index (χ0v) is 20.5. The van der Waals surface area contributed by atoms with Crippen LogP contribution in [0.1, 0.15) is 78.7 Å². The number of carbonyl (C=O) groups excluding carboxylic acids is 1. The summed E-state index contributed by atoms with van der Waals surface area (Å²) in [4.78, 5) is 11.9. The maximum absolute atomic E-state index is 11.9. The quantitative estimate of drug-likeness (QED) is 0.528. The van der Waals surface area contributed by atoms with Gasteiger partial charge in [0.15, 0.2) is 0 Å². The average molecular weight is 458 g/mol. The van der Waals surface area contributed by atoms with Crippen molar-refractivity contribution in [1.82, 2.24) is 15.1 Å². The monoisotopic (exact) mass is 457 g/mol. The minimum atomic E-state index is -0.495. The number of hydrogen-bond donors (Lipinski definition) is 1. The Morgan fingerprint density at radius 3 is 2.64 bits per heavy atom. The van der Waals surface area contributed by atoms with E-state index in [0.29, 0.717) is 12.6 Å². The van der Waals surface area contributed by atoms with Gasteiger partial charge in [0.05, 0.1) is 36.9 Å². The predicted molar refractivity (Wildman–Crippen MR) is 129 cm³/mol. The summed E-state index contributed by atoms with van der Waals surface area (Å²) in [6.07, 6.45) is 9.93. The summed E-state index contributed by atoms with van der Waals surface area (Å²) in [6.45, 7) is 8.80. The molecule has 2 aliphatic rings. The van der Waals surface area contributed by atoms with Crippen LogP contribution in [0.25, 0.3) is 10.9 Å². The summed E-state index contributed by atoms with van der Waals surface area (Å²) in [5.41, 5.74) is 0.504. The first-order chi connectivity index (χ1) is 15.7. The molecule has 182 valence electrons. The third-order valence-corrected chi connectivity index (χ3v) is 6.35. The highest BCUT2D eigenvalue weighted by Crippen LogP contribution is 2.33. The van der Waals surface area contributed by atoms with Gasteiger partial charge < -0.3 is 19.5 Å². The predicted octanol–water partition coefficient (Wildman–Crippen LogP) is 5.63. The lowest BCUT2D eigenvalue weighted by atomic mass is 9.93. The van der Waals surface area contributed by atoms with Crippen LogP contribution < -0.4 is 10.1 Å². The van der Waals surface area contributed by atoms with E-state index in [1.165, 1.54) is 12.8 Å². The van der Waals surface area contributed by atoms with Crippen LogP contribution in [0.3, 0.4) is 0 Å². The number of nitrogens with zero attached hydrogens (tertiary/aromatic N) is 2. The lowest BCUT2D eigenvalue weighted by Crippen LogP contribution is -2.40. The molecule has 0 spiro atoms. The number of ether oxygens (including phenoxy) is 3. The number of amides is 1. The summed E-state index contributed by atoms with van der Waals surface area (Å²) in [5.74, 6) is 1.80. The van der Waals surface area contributed by atoms with Crippen LogP contribution in [0.2, 0.25) is 0 Å². The van der Waals surface area contributed by atoms with Gasteiger partial charge in [0.25, 0.3) is 0 Å². The molecule has 7 nitrogen and oxygen atoms in total. The Balaban J connectivity index is 1.20. The van der Waals surface area contributed by atoms with Gasteiger partial charge in [-0.1, -0.05) is 12.8 Å². The topological polar surface area (TPSA) is 74.6 Å². The van der Waals surface area contributed by atoms with Crippen molar-refractivity contribution in [2.24, 2.45) is 5.92 Å². The van der Waals surface area contributed by atoms with Gasteiger partial charge in [-0.15, -0.1) is 0 Å². The second-order valence-corrected chi connectivity index (χ2v) is 10.7. The van der Waals surface area contributed by atoms with Crippen molar-refractivity contribution in [3.8, 4) is 5.75 Å². The second-order valence-electron chi connectivity index (χ2n) is 10.7.